The molecule has 0 radical (unpaired) electrons. The summed E-state index contributed by atoms with van der Waals surface area (Å²) >= 11 is 0. The number of esters is 1. The van der Waals surface area contributed by atoms with Gasteiger partial charge in [-0.25, -0.2) is 9.78 Å². The van der Waals surface area contributed by atoms with Gasteiger partial charge in [0.1, 0.15) is 5.82 Å². The average Bonchev–Trinajstić information content (AvgIpc) is 2.69. The highest BCUT2D eigenvalue weighted by Gasteiger charge is 2.17. The highest BCUT2D eigenvalue weighted by molar-refractivity contribution is 6.08. The topological polar surface area (TPSA) is 80.3 Å². The lowest BCUT2D eigenvalue weighted by Crippen LogP contribution is -2.23. The van der Waals surface area contributed by atoms with Gasteiger partial charge >= 0.3 is 5.97 Å². The number of amides is 1. The fourth-order valence-electron chi connectivity index (χ4n) is 3.28. The number of nitrogens with one attached hydrogen (secondary N) is 2. The van der Waals surface area contributed by atoms with Gasteiger partial charge in [0.25, 0.3) is 5.91 Å². The van der Waals surface area contributed by atoms with Crippen molar-refractivity contribution in [1.29, 1.82) is 0 Å². The fourth-order valence-corrected chi connectivity index (χ4v) is 3.28. The number of para-hydroxylation sites is 1. The van der Waals surface area contributed by atoms with Crippen molar-refractivity contribution in [3.8, 4) is 0 Å². The lowest BCUT2D eigenvalue weighted by molar-refractivity contribution is 0.0527. The molecular formula is C21H25N3O3. The average molecular weight is 367 g/mol. The van der Waals surface area contributed by atoms with Crippen LogP contribution in [0.5, 0.6) is 0 Å². The van der Waals surface area contributed by atoms with Crippen molar-refractivity contribution >= 4 is 23.4 Å². The fraction of sp³-hybridized carbons (Fsp3) is 0.381. The Morgan fingerprint density at radius 1 is 1.15 bits per heavy atom. The van der Waals surface area contributed by atoms with E-state index in [-0.39, 0.29) is 12.5 Å². The second kappa shape index (κ2) is 9.16. The minimum atomic E-state index is -0.456. The third-order valence-corrected chi connectivity index (χ3v) is 4.65. The van der Waals surface area contributed by atoms with E-state index in [1.165, 1.54) is 19.3 Å². The maximum atomic E-state index is 12.7. The van der Waals surface area contributed by atoms with E-state index in [0.717, 1.165) is 12.8 Å². The molecule has 3 rings (SSSR count). The number of nitrogens with zero attached hydrogens (tertiary/aromatic N) is 1. The number of rotatable bonds is 6. The molecule has 6 nitrogen and oxygen atoms in total. The first-order chi connectivity index (χ1) is 13.2. The SMILES string of the molecule is CCOC(=O)c1ccccc1NC(=O)c1ccnc(NC2CCCCC2)c1. The summed E-state index contributed by atoms with van der Waals surface area (Å²) in [5.74, 6) is -0.0446. The summed E-state index contributed by atoms with van der Waals surface area (Å²) in [4.78, 5) is 29.1. The van der Waals surface area contributed by atoms with Crippen molar-refractivity contribution in [2.75, 3.05) is 17.2 Å². The van der Waals surface area contributed by atoms with Gasteiger partial charge in [-0.3, -0.25) is 4.79 Å². The number of pyridine rings is 1. The van der Waals surface area contributed by atoms with Crippen molar-refractivity contribution in [3.63, 3.8) is 0 Å². The molecule has 1 aliphatic rings. The monoisotopic (exact) mass is 367 g/mol. The van der Waals surface area contributed by atoms with Crippen molar-refractivity contribution in [2.24, 2.45) is 0 Å². The molecule has 0 bridgehead atoms. The Kier molecular flexibility index (Phi) is 6.41. The summed E-state index contributed by atoms with van der Waals surface area (Å²) in [7, 11) is 0. The molecule has 1 amide bonds. The molecular weight excluding hydrogens is 342 g/mol. The van der Waals surface area contributed by atoms with E-state index in [0.29, 0.717) is 28.7 Å². The van der Waals surface area contributed by atoms with E-state index in [4.69, 9.17) is 4.74 Å². The van der Waals surface area contributed by atoms with Crippen LogP contribution in [0.15, 0.2) is 42.6 Å². The van der Waals surface area contributed by atoms with Crippen LogP contribution < -0.4 is 10.6 Å². The van der Waals surface area contributed by atoms with Crippen LogP contribution in [0.1, 0.15) is 59.7 Å². The highest BCUT2D eigenvalue weighted by Crippen LogP contribution is 2.22. The van der Waals surface area contributed by atoms with Gasteiger partial charge < -0.3 is 15.4 Å². The molecule has 27 heavy (non-hydrogen) atoms. The third-order valence-electron chi connectivity index (χ3n) is 4.65. The van der Waals surface area contributed by atoms with Crippen LogP contribution in [0.2, 0.25) is 0 Å². The maximum Gasteiger partial charge on any atom is 0.340 e. The molecule has 1 aromatic heterocycles. The zero-order chi connectivity index (χ0) is 19.1. The van der Waals surface area contributed by atoms with Gasteiger partial charge in [-0.1, -0.05) is 31.4 Å². The van der Waals surface area contributed by atoms with Gasteiger partial charge in [0.15, 0.2) is 0 Å². The molecule has 0 unspecified atom stereocenters. The summed E-state index contributed by atoms with van der Waals surface area (Å²) in [6.07, 6.45) is 7.62. The molecule has 142 valence electrons. The number of hydrogen-bond donors (Lipinski definition) is 2. The molecule has 2 N–H and O–H groups in total. The lowest BCUT2D eigenvalue weighted by atomic mass is 9.95. The largest absolute Gasteiger partial charge is 0.462 e. The van der Waals surface area contributed by atoms with Crippen molar-refractivity contribution in [1.82, 2.24) is 4.98 Å². The smallest absolute Gasteiger partial charge is 0.340 e. The normalized spacial score (nSPS) is 14.4. The molecule has 1 heterocycles. The van der Waals surface area contributed by atoms with Crippen molar-refractivity contribution in [3.05, 3.63) is 53.7 Å². The van der Waals surface area contributed by atoms with Crippen LogP contribution in [0, 0.1) is 0 Å². The Hall–Kier alpha value is -2.89. The minimum Gasteiger partial charge on any atom is -0.462 e. The van der Waals surface area contributed by atoms with Gasteiger partial charge in [0.05, 0.1) is 17.9 Å². The second-order valence-corrected chi connectivity index (χ2v) is 6.63. The van der Waals surface area contributed by atoms with Crippen molar-refractivity contribution < 1.29 is 14.3 Å². The van der Waals surface area contributed by atoms with E-state index in [1.807, 2.05) is 0 Å². The second-order valence-electron chi connectivity index (χ2n) is 6.63. The van der Waals surface area contributed by atoms with Crippen LogP contribution in [-0.2, 0) is 4.74 Å². The predicted molar refractivity (Wildman–Crippen MR) is 105 cm³/mol. The molecule has 0 saturated heterocycles. The number of hydrogen-bond acceptors (Lipinski definition) is 5. The Bertz CT molecular complexity index is 801. The van der Waals surface area contributed by atoms with Crippen LogP contribution in [-0.4, -0.2) is 29.5 Å². The van der Waals surface area contributed by atoms with Crippen LogP contribution in [0.3, 0.4) is 0 Å². The predicted octanol–water partition coefficient (Wildman–Crippen LogP) is 4.26. The molecule has 0 spiro atoms. The van der Waals surface area contributed by atoms with Crippen LogP contribution >= 0.6 is 0 Å². The van der Waals surface area contributed by atoms with E-state index in [2.05, 4.69) is 15.6 Å². The molecule has 1 aliphatic carbocycles. The quantitative estimate of drug-likeness (QED) is 0.746. The molecule has 6 heteroatoms. The summed E-state index contributed by atoms with van der Waals surface area (Å²) in [6, 6.07) is 10.6. The van der Waals surface area contributed by atoms with Gasteiger partial charge in [-0.05, 0) is 44.0 Å². The molecule has 1 aromatic carbocycles. The Morgan fingerprint density at radius 3 is 2.70 bits per heavy atom. The summed E-state index contributed by atoms with van der Waals surface area (Å²) in [6.45, 7) is 2.03. The van der Waals surface area contributed by atoms with E-state index in [1.54, 1.807) is 49.5 Å². The molecule has 0 atom stereocenters. The minimum absolute atomic E-state index is 0.279. The van der Waals surface area contributed by atoms with Gasteiger partial charge in [0.2, 0.25) is 0 Å². The van der Waals surface area contributed by atoms with E-state index in [9.17, 15) is 9.59 Å². The Labute approximate surface area is 159 Å². The molecule has 1 fully saturated rings. The van der Waals surface area contributed by atoms with E-state index >= 15 is 0 Å². The van der Waals surface area contributed by atoms with Gasteiger partial charge in [-0.2, -0.15) is 0 Å². The standard InChI is InChI=1S/C21H25N3O3/c1-2-27-21(26)17-10-6-7-11-18(17)24-20(25)15-12-13-22-19(14-15)23-16-8-4-3-5-9-16/h6-7,10-14,16H,2-5,8-9H2,1H3,(H,22,23)(H,24,25). The molecule has 1 saturated carbocycles. The molecule has 0 aliphatic heterocycles. The van der Waals surface area contributed by atoms with E-state index < -0.39 is 5.97 Å². The first-order valence-electron chi connectivity index (χ1n) is 9.47. The highest BCUT2D eigenvalue weighted by atomic mass is 16.5. The first-order valence-corrected chi connectivity index (χ1v) is 9.47. The summed E-state index contributed by atoms with van der Waals surface area (Å²) in [5.41, 5.74) is 1.25. The zero-order valence-electron chi connectivity index (χ0n) is 15.5. The zero-order valence-corrected chi connectivity index (χ0v) is 15.5. The number of benzene rings is 1. The number of ether oxygens (including phenoxy) is 1. The summed E-state index contributed by atoms with van der Waals surface area (Å²) < 4.78 is 5.05. The third kappa shape index (κ3) is 5.06. The maximum absolute atomic E-state index is 12.7. The lowest BCUT2D eigenvalue weighted by Gasteiger charge is -2.23. The number of carbonyl (C=O) groups is 2. The number of anilines is 2. The Morgan fingerprint density at radius 2 is 1.93 bits per heavy atom. The van der Waals surface area contributed by atoms with Crippen LogP contribution in [0.4, 0.5) is 11.5 Å². The van der Waals surface area contributed by atoms with Crippen LogP contribution in [0.25, 0.3) is 0 Å². The van der Waals surface area contributed by atoms with Gasteiger partial charge in [0, 0.05) is 17.8 Å². The van der Waals surface area contributed by atoms with Gasteiger partial charge in [-0.15, -0.1) is 0 Å². The number of carbonyl (C=O) groups excluding carboxylic acids is 2. The first kappa shape index (κ1) is 18.9. The van der Waals surface area contributed by atoms with Crippen molar-refractivity contribution in [2.45, 2.75) is 45.1 Å². The Balaban J connectivity index is 1.71. The summed E-state index contributed by atoms with van der Waals surface area (Å²) in [5, 5.41) is 6.22. The molecule has 2 aromatic rings. The number of aromatic nitrogens is 1.